The van der Waals surface area contributed by atoms with Gasteiger partial charge >= 0.3 is 6.18 Å². The van der Waals surface area contributed by atoms with Gasteiger partial charge in [-0.2, -0.15) is 13.2 Å². The van der Waals surface area contributed by atoms with Gasteiger partial charge in [-0.25, -0.2) is 0 Å². The SMILES string of the molecule is FC(F)(F)C1NCCc2cc(Cl)ccc21. The number of nitrogens with one attached hydrogen (secondary N) is 1. The topological polar surface area (TPSA) is 12.0 Å². The second-order valence-electron chi connectivity index (χ2n) is 3.52. The number of halogens is 4. The molecule has 1 N–H and O–H groups in total. The second-order valence-corrected chi connectivity index (χ2v) is 3.96. The van der Waals surface area contributed by atoms with Gasteiger partial charge in [0.15, 0.2) is 0 Å². The lowest BCUT2D eigenvalue weighted by molar-refractivity contribution is -0.158. The Hall–Kier alpha value is -0.740. The van der Waals surface area contributed by atoms with Crippen molar-refractivity contribution in [3.8, 4) is 0 Å². The van der Waals surface area contributed by atoms with E-state index in [4.69, 9.17) is 11.6 Å². The summed E-state index contributed by atoms with van der Waals surface area (Å²) in [5.41, 5.74) is 0.974. The van der Waals surface area contributed by atoms with Gasteiger partial charge in [0, 0.05) is 11.6 Å². The lowest BCUT2D eigenvalue weighted by Crippen LogP contribution is -2.39. The Bertz CT molecular complexity index is 375. The van der Waals surface area contributed by atoms with Crippen molar-refractivity contribution < 1.29 is 13.2 Å². The minimum absolute atomic E-state index is 0.290. The quantitative estimate of drug-likeness (QED) is 0.729. The molecule has 1 aliphatic heterocycles. The van der Waals surface area contributed by atoms with Gasteiger partial charge in [0.25, 0.3) is 0 Å². The summed E-state index contributed by atoms with van der Waals surface area (Å²) in [4.78, 5) is 0. The molecule has 0 amide bonds. The minimum Gasteiger partial charge on any atom is -0.302 e. The molecule has 15 heavy (non-hydrogen) atoms. The Kier molecular flexibility index (Phi) is 2.64. The van der Waals surface area contributed by atoms with E-state index in [1.807, 2.05) is 0 Å². The maximum Gasteiger partial charge on any atom is 0.407 e. The molecule has 82 valence electrons. The zero-order valence-electron chi connectivity index (χ0n) is 7.74. The first-order valence-electron chi connectivity index (χ1n) is 4.57. The van der Waals surface area contributed by atoms with Crippen LogP contribution in [0.25, 0.3) is 0 Å². The normalized spacial score (nSPS) is 21.2. The van der Waals surface area contributed by atoms with E-state index in [0.717, 1.165) is 0 Å². The fraction of sp³-hybridized carbons (Fsp3) is 0.400. The molecule has 1 unspecified atom stereocenters. The van der Waals surface area contributed by atoms with Crippen LogP contribution in [0.4, 0.5) is 13.2 Å². The molecule has 0 saturated heterocycles. The van der Waals surface area contributed by atoms with Crippen molar-refractivity contribution in [2.75, 3.05) is 6.54 Å². The predicted octanol–water partition coefficient (Wildman–Crippen LogP) is 3.09. The first-order valence-corrected chi connectivity index (χ1v) is 4.95. The molecule has 5 heteroatoms. The average molecular weight is 236 g/mol. The van der Waals surface area contributed by atoms with E-state index in [9.17, 15) is 13.2 Å². The first-order chi connectivity index (χ1) is 6.98. The number of rotatable bonds is 0. The van der Waals surface area contributed by atoms with Crippen molar-refractivity contribution >= 4 is 11.6 Å². The lowest BCUT2D eigenvalue weighted by Gasteiger charge is -2.28. The third-order valence-corrected chi connectivity index (χ3v) is 2.72. The molecule has 1 atom stereocenters. The smallest absolute Gasteiger partial charge is 0.302 e. The Labute approximate surface area is 90.2 Å². The van der Waals surface area contributed by atoms with Crippen LogP contribution in [0.5, 0.6) is 0 Å². The third-order valence-electron chi connectivity index (χ3n) is 2.49. The fourth-order valence-electron chi connectivity index (χ4n) is 1.83. The predicted molar refractivity (Wildman–Crippen MR) is 52.0 cm³/mol. The van der Waals surface area contributed by atoms with Gasteiger partial charge in [0.1, 0.15) is 6.04 Å². The molecular formula is C10H9ClF3N. The van der Waals surface area contributed by atoms with Gasteiger partial charge in [-0.3, -0.25) is 0 Å². The number of alkyl halides is 3. The highest BCUT2D eigenvalue weighted by Gasteiger charge is 2.42. The summed E-state index contributed by atoms with van der Waals surface area (Å²) >= 11 is 5.74. The van der Waals surface area contributed by atoms with E-state index in [1.54, 1.807) is 6.07 Å². The van der Waals surface area contributed by atoms with Crippen LogP contribution in [-0.2, 0) is 6.42 Å². The molecule has 1 heterocycles. The summed E-state index contributed by atoms with van der Waals surface area (Å²) in [5.74, 6) is 0. The molecule has 0 saturated carbocycles. The molecule has 2 rings (SSSR count). The molecule has 1 aromatic carbocycles. The van der Waals surface area contributed by atoms with Crippen molar-refractivity contribution in [3.63, 3.8) is 0 Å². The van der Waals surface area contributed by atoms with E-state index in [-0.39, 0.29) is 5.56 Å². The van der Waals surface area contributed by atoms with Crippen molar-refractivity contribution in [2.45, 2.75) is 18.6 Å². The summed E-state index contributed by atoms with van der Waals surface area (Å²) in [5, 5.41) is 2.95. The standard InChI is InChI=1S/C10H9ClF3N/c11-7-1-2-8-6(5-7)3-4-15-9(8)10(12,13)14/h1-2,5,9,15H,3-4H2. The molecule has 0 radical (unpaired) electrons. The molecule has 0 aromatic heterocycles. The van der Waals surface area contributed by atoms with E-state index in [2.05, 4.69) is 5.32 Å². The maximum absolute atomic E-state index is 12.6. The summed E-state index contributed by atoms with van der Waals surface area (Å²) < 4.78 is 37.9. The van der Waals surface area contributed by atoms with Crippen LogP contribution in [0.15, 0.2) is 18.2 Å². The fourth-order valence-corrected chi connectivity index (χ4v) is 2.02. The Balaban J connectivity index is 2.43. The van der Waals surface area contributed by atoms with Crippen LogP contribution in [0, 0.1) is 0 Å². The van der Waals surface area contributed by atoms with Gasteiger partial charge in [0.2, 0.25) is 0 Å². The maximum atomic E-state index is 12.6. The minimum atomic E-state index is -4.25. The highest BCUT2D eigenvalue weighted by atomic mass is 35.5. The molecule has 0 aliphatic carbocycles. The van der Waals surface area contributed by atoms with Crippen LogP contribution in [-0.4, -0.2) is 12.7 Å². The van der Waals surface area contributed by atoms with E-state index >= 15 is 0 Å². The third kappa shape index (κ3) is 2.11. The molecule has 1 aliphatic rings. The van der Waals surface area contributed by atoms with Gasteiger partial charge < -0.3 is 5.32 Å². The molecule has 0 fully saturated rings. The summed E-state index contributed by atoms with van der Waals surface area (Å²) in [7, 11) is 0. The molecule has 1 nitrogen and oxygen atoms in total. The number of hydrogen-bond acceptors (Lipinski definition) is 1. The van der Waals surface area contributed by atoms with E-state index in [1.165, 1.54) is 12.1 Å². The monoisotopic (exact) mass is 235 g/mol. The van der Waals surface area contributed by atoms with Crippen LogP contribution < -0.4 is 5.32 Å². The van der Waals surface area contributed by atoms with Gasteiger partial charge in [0.05, 0.1) is 0 Å². The molecule has 0 spiro atoms. The van der Waals surface area contributed by atoms with Crippen LogP contribution in [0.2, 0.25) is 5.02 Å². The number of fused-ring (bicyclic) bond motifs is 1. The Morgan fingerprint density at radius 3 is 2.73 bits per heavy atom. The highest BCUT2D eigenvalue weighted by molar-refractivity contribution is 6.30. The summed E-state index contributed by atoms with van der Waals surface area (Å²) in [6.07, 6.45) is -3.66. The van der Waals surface area contributed by atoms with Crippen LogP contribution in [0.1, 0.15) is 17.2 Å². The van der Waals surface area contributed by atoms with Gasteiger partial charge in [-0.05, 0) is 29.7 Å². The molecular weight excluding hydrogens is 227 g/mol. The highest BCUT2D eigenvalue weighted by Crippen LogP contribution is 2.37. The molecule has 0 bridgehead atoms. The van der Waals surface area contributed by atoms with Crippen molar-refractivity contribution in [3.05, 3.63) is 34.3 Å². The largest absolute Gasteiger partial charge is 0.407 e. The van der Waals surface area contributed by atoms with E-state index < -0.39 is 12.2 Å². The van der Waals surface area contributed by atoms with Crippen LogP contribution in [0.3, 0.4) is 0 Å². The lowest BCUT2D eigenvalue weighted by atomic mass is 9.94. The van der Waals surface area contributed by atoms with Crippen molar-refractivity contribution in [1.29, 1.82) is 0 Å². The molecule has 1 aromatic rings. The van der Waals surface area contributed by atoms with Crippen molar-refractivity contribution in [2.24, 2.45) is 0 Å². The zero-order chi connectivity index (χ0) is 11.1. The first kappa shape index (κ1) is 10.8. The van der Waals surface area contributed by atoms with Crippen molar-refractivity contribution in [1.82, 2.24) is 5.32 Å². The van der Waals surface area contributed by atoms with Gasteiger partial charge in [-0.1, -0.05) is 17.7 Å². The Morgan fingerprint density at radius 1 is 1.33 bits per heavy atom. The second kappa shape index (κ2) is 3.68. The number of hydrogen-bond donors (Lipinski definition) is 1. The van der Waals surface area contributed by atoms with Gasteiger partial charge in [-0.15, -0.1) is 0 Å². The Morgan fingerprint density at radius 2 is 2.07 bits per heavy atom. The number of benzene rings is 1. The van der Waals surface area contributed by atoms with Crippen LogP contribution >= 0.6 is 11.6 Å². The summed E-state index contributed by atoms with van der Waals surface area (Å²) in [6.45, 7) is 0.331. The zero-order valence-corrected chi connectivity index (χ0v) is 8.49. The summed E-state index contributed by atoms with van der Waals surface area (Å²) in [6, 6.07) is 2.99. The van der Waals surface area contributed by atoms with E-state index in [0.29, 0.717) is 23.6 Å². The average Bonchev–Trinajstić information content (AvgIpc) is 2.15.